The Bertz CT molecular complexity index is 1000. The molecule has 27 heavy (non-hydrogen) atoms. The molecule has 0 aliphatic rings. The SMILES string of the molecule is N#CCCn1cc(/C=N\NC(=O)c2cccc(Cl)c2)c(-c2ccccc2)n1. The van der Waals surface area contributed by atoms with Crippen molar-refractivity contribution in [1.29, 1.82) is 5.26 Å². The van der Waals surface area contributed by atoms with Crippen molar-refractivity contribution in [1.82, 2.24) is 15.2 Å². The van der Waals surface area contributed by atoms with E-state index in [1.165, 1.54) is 0 Å². The minimum Gasteiger partial charge on any atom is -0.270 e. The second-order valence-corrected chi connectivity index (χ2v) is 6.12. The molecule has 0 bridgehead atoms. The van der Waals surface area contributed by atoms with Crippen molar-refractivity contribution in [3.05, 3.63) is 76.9 Å². The number of amides is 1. The lowest BCUT2D eigenvalue weighted by molar-refractivity contribution is 0.0955. The molecule has 0 saturated heterocycles. The van der Waals surface area contributed by atoms with Crippen molar-refractivity contribution < 1.29 is 4.79 Å². The first-order chi connectivity index (χ1) is 13.2. The number of rotatable bonds is 6. The Morgan fingerprint density at radius 2 is 2.07 bits per heavy atom. The van der Waals surface area contributed by atoms with Gasteiger partial charge in [-0.2, -0.15) is 15.5 Å². The summed E-state index contributed by atoms with van der Waals surface area (Å²) in [4.78, 5) is 12.1. The number of hydrazone groups is 1. The predicted octanol–water partition coefficient (Wildman–Crippen LogP) is 3.88. The van der Waals surface area contributed by atoms with Gasteiger partial charge in [0, 0.05) is 27.9 Å². The zero-order valence-corrected chi connectivity index (χ0v) is 15.1. The number of halogens is 1. The second-order valence-electron chi connectivity index (χ2n) is 5.68. The maximum Gasteiger partial charge on any atom is 0.271 e. The van der Waals surface area contributed by atoms with Gasteiger partial charge >= 0.3 is 0 Å². The average Bonchev–Trinajstić information content (AvgIpc) is 3.10. The van der Waals surface area contributed by atoms with E-state index in [9.17, 15) is 4.79 Å². The third-order valence-corrected chi connectivity index (χ3v) is 3.98. The quantitative estimate of drug-likeness (QED) is 0.522. The van der Waals surface area contributed by atoms with Crippen LogP contribution in [0.15, 0.2) is 65.9 Å². The molecule has 0 aliphatic carbocycles. The van der Waals surface area contributed by atoms with Crippen LogP contribution in [0.4, 0.5) is 0 Å². The lowest BCUT2D eigenvalue weighted by Crippen LogP contribution is -2.17. The van der Waals surface area contributed by atoms with E-state index in [2.05, 4.69) is 21.7 Å². The molecule has 0 spiro atoms. The van der Waals surface area contributed by atoms with Crippen molar-refractivity contribution in [3.63, 3.8) is 0 Å². The van der Waals surface area contributed by atoms with Crippen LogP contribution in [0.5, 0.6) is 0 Å². The van der Waals surface area contributed by atoms with Gasteiger partial charge in [0.1, 0.15) is 5.69 Å². The smallest absolute Gasteiger partial charge is 0.270 e. The van der Waals surface area contributed by atoms with Gasteiger partial charge in [0.05, 0.1) is 25.2 Å². The number of benzene rings is 2. The summed E-state index contributed by atoms with van der Waals surface area (Å²) in [5.74, 6) is -0.355. The Morgan fingerprint density at radius 1 is 1.26 bits per heavy atom. The normalized spacial score (nSPS) is 10.7. The van der Waals surface area contributed by atoms with Crippen LogP contribution in [0.3, 0.4) is 0 Å². The van der Waals surface area contributed by atoms with E-state index in [1.54, 1.807) is 41.4 Å². The molecule has 7 heteroatoms. The molecular formula is C20H16ClN5O. The van der Waals surface area contributed by atoms with E-state index in [1.807, 2.05) is 30.3 Å². The van der Waals surface area contributed by atoms with Crippen molar-refractivity contribution in [2.24, 2.45) is 5.10 Å². The van der Waals surface area contributed by atoms with Gasteiger partial charge in [0.25, 0.3) is 5.91 Å². The Kier molecular flexibility index (Phi) is 5.98. The van der Waals surface area contributed by atoms with Crippen LogP contribution in [-0.4, -0.2) is 21.9 Å². The van der Waals surface area contributed by atoms with Crippen molar-refractivity contribution in [2.75, 3.05) is 0 Å². The molecule has 1 heterocycles. The largest absolute Gasteiger partial charge is 0.271 e. The van der Waals surface area contributed by atoms with Crippen LogP contribution in [0.2, 0.25) is 5.02 Å². The Balaban J connectivity index is 1.80. The third-order valence-electron chi connectivity index (χ3n) is 3.75. The first-order valence-corrected chi connectivity index (χ1v) is 8.64. The molecule has 1 aromatic heterocycles. The lowest BCUT2D eigenvalue weighted by atomic mass is 10.1. The van der Waals surface area contributed by atoms with Gasteiger partial charge in [-0.1, -0.05) is 48.0 Å². The van der Waals surface area contributed by atoms with E-state index in [0.717, 1.165) is 16.8 Å². The molecule has 1 N–H and O–H groups in total. The third kappa shape index (κ3) is 4.81. The van der Waals surface area contributed by atoms with Gasteiger partial charge < -0.3 is 0 Å². The van der Waals surface area contributed by atoms with E-state index >= 15 is 0 Å². The number of hydrogen-bond donors (Lipinski definition) is 1. The number of carbonyl (C=O) groups excluding carboxylic acids is 1. The molecule has 6 nitrogen and oxygen atoms in total. The highest BCUT2D eigenvalue weighted by Gasteiger charge is 2.10. The highest BCUT2D eigenvalue weighted by Crippen LogP contribution is 2.20. The monoisotopic (exact) mass is 377 g/mol. The summed E-state index contributed by atoms with van der Waals surface area (Å²) in [7, 11) is 0. The van der Waals surface area contributed by atoms with E-state index < -0.39 is 0 Å². The topological polar surface area (TPSA) is 83.1 Å². The highest BCUT2D eigenvalue weighted by atomic mass is 35.5. The van der Waals surface area contributed by atoms with Gasteiger partial charge in [-0.05, 0) is 18.2 Å². The molecule has 3 rings (SSSR count). The van der Waals surface area contributed by atoms with Crippen molar-refractivity contribution in [3.8, 4) is 17.3 Å². The van der Waals surface area contributed by atoms with Crippen LogP contribution >= 0.6 is 11.6 Å². The van der Waals surface area contributed by atoms with E-state index in [4.69, 9.17) is 16.9 Å². The van der Waals surface area contributed by atoms with Gasteiger partial charge in [-0.15, -0.1) is 0 Å². The summed E-state index contributed by atoms with van der Waals surface area (Å²) >= 11 is 5.90. The summed E-state index contributed by atoms with van der Waals surface area (Å²) in [6.07, 6.45) is 3.70. The molecule has 3 aromatic rings. The van der Waals surface area contributed by atoms with Gasteiger partial charge in [-0.3, -0.25) is 9.48 Å². The highest BCUT2D eigenvalue weighted by molar-refractivity contribution is 6.30. The second kappa shape index (κ2) is 8.79. The summed E-state index contributed by atoms with van der Waals surface area (Å²) in [6.45, 7) is 0.485. The summed E-state index contributed by atoms with van der Waals surface area (Å²) < 4.78 is 1.70. The van der Waals surface area contributed by atoms with Gasteiger partial charge in [-0.25, -0.2) is 5.43 Å². The maximum atomic E-state index is 12.1. The van der Waals surface area contributed by atoms with Crippen LogP contribution in [0.1, 0.15) is 22.3 Å². The van der Waals surface area contributed by atoms with Crippen molar-refractivity contribution in [2.45, 2.75) is 13.0 Å². The summed E-state index contributed by atoms with van der Waals surface area (Å²) in [5.41, 5.74) is 5.31. The zero-order valence-electron chi connectivity index (χ0n) is 14.3. The first kappa shape index (κ1) is 18.4. The molecule has 134 valence electrons. The van der Waals surface area contributed by atoms with Gasteiger partial charge in [0.15, 0.2) is 0 Å². The lowest BCUT2D eigenvalue weighted by Gasteiger charge is -2.00. The number of hydrogen-bond acceptors (Lipinski definition) is 4. The first-order valence-electron chi connectivity index (χ1n) is 8.26. The number of nitrogens with zero attached hydrogens (tertiary/aromatic N) is 4. The molecule has 1 amide bonds. The Hall–Kier alpha value is -3.43. The summed E-state index contributed by atoms with van der Waals surface area (Å²) in [6, 6.07) is 18.4. The molecule has 0 saturated carbocycles. The van der Waals surface area contributed by atoms with Crippen LogP contribution in [0, 0.1) is 11.3 Å². The minimum atomic E-state index is -0.355. The van der Waals surface area contributed by atoms with Crippen LogP contribution in [-0.2, 0) is 6.54 Å². The van der Waals surface area contributed by atoms with E-state index in [0.29, 0.717) is 23.6 Å². The number of carbonyl (C=O) groups is 1. The molecule has 0 atom stereocenters. The summed E-state index contributed by atoms with van der Waals surface area (Å²) in [5, 5.41) is 17.8. The fraction of sp³-hybridized carbons (Fsp3) is 0.100. The zero-order chi connectivity index (χ0) is 19.1. The van der Waals surface area contributed by atoms with E-state index in [-0.39, 0.29) is 5.91 Å². The maximum absolute atomic E-state index is 12.1. The minimum absolute atomic E-state index is 0.355. The number of aryl methyl sites for hydroxylation is 1. The predicted molar refractivity (Wildman–Crippen MR) is 104 cm³/mol. The fourth-order valence-electron chi connectivity index (χ4n) is 2.49. The number of nitriles is 1. The van der Waals surface area contributed by atoms with Crippen LogP contribution in [0.25, 0.3) is 11.3 Å². The molecule has 0 fully saturated rings. The molecule has 0 aliphatic heterocycles. The molecule has 2 aromatic carbocycles. The fourth-order valence-corrected chi connectivity index (χ4v) is 2.68. The Morgan fingerprint density at radius 3 is 2.81 bits per heavy atom. The number of nitrogens with one attached hydrogen (secondary N) is 1. The van der Waals surface area contributed by atoms with Gasteiger partial charge in [0.2, 0.25) is 0 Å². The number of aromatic nitrogens is 2. The Labute approximate surface area is 161 Å². The standard InChI is InChI=1S/C20H16ClN5O/c21-18-9-4-8-16(12-18)20(27)24-23-13-17-14-26(11-5-10-22)25-19(17)15-6-2-1-3-7-15/h1-4,6-9,12-14H,5,11H2,(H,24,27)/b23-13-. The molecule has 0 unspecified atom stereocenters. The van der Waals surface area contributed by atoms with Crippen molar-refractivity contribution >= 4 is 23.7 Å². The van der Waals surface area contributed by atoms with Crippen LogP contribution < -0.4 is 5.43 Å². The molecular weight excluding hydrogens is 362 g/mol. The average molecular weight is 378 g/mol. The molecule has 0 radical (unpaired) electrons.